The van der Waals surface area contributed by atoms with E-state index in [9.17, 15) is 0 Å². The summed E-state index contributed by atoms with van der Waals surface area (Å²) in [5.74, 6) is 0. The van der Waals surface area contributed by atoms with Crippen molar-refractivity contribution in [1.29, 1.82) is 0 Å². The van der Waals surface area contributed by atoms with Crippen LogP contribution in [0, 0.1) is 0 Å². The van der Waals surface area contributed by atoms with E-state index in [4.69, 9.17) is 12.6 Å². The monoisotopic (exact) mass is 186 g/mol. The number of hydrogen-bond acceptors (Lipinski definition) is 2. The first-order valence-corrected chi connectivity index (χ1v) is 4.46. The second kappa shape index (κ2) is 3.54. The first-order valence-electron chi connectivity index (χ1n) is 4.05. The summed E-state index contributed by atoms with van der Waals surface area (Å²) in [6, 6.07) is 13.6. The van der Waals surface area contributed by atoms with Gasteiger partial charge in [-0.15, -0.1) is 0 Å². The van der Waals surface area contributed by atoms with Gasteiger partial charge in [-0.05, 0) is 17.7 Å². The molecule has 2 rings (SSSR count). The van der Waals surface area contributed by atoms with Crippen molar-refractivity contribution in [1.82, 2.24) is 4.98 Å². The first-order chi connectivity index (χ1) is 6.38. The Morgan fingerprint density at radius 1 is 0.923 bits per heavy atom. The Kier molecular flexibility index (Phi) is 2.23. The molecule has 0 saturated heterocycles. The lowest BCUT2D eigenvalue weighted by Crippen LogP contribution is -1.84. The van der Waals surface area contributed by atoms with Crippen molar-refractivity contribution in [3.05, 3.63) is 48.7 Å². The van der Waals surface area contributed by atoms with Gasteiger partial charge in [-0.1, -0.05) is 30.3 Å². The predicted molar refractivity (Wildman–Crippen MR) is 55.3 cm³/mol. The highest BCUT2D eigenvalue weighted by molar-refractivity contribution is 7.59. The van der Waals surface area contributed by atoms with Crippen molar-refractivity contribution in [3.63, 3.8) is 0 Å². The molecule has 0 spiro atoms. The van der Waals surface area contributed by atoms with Gasteiger partial charge in [0.05, 0.1) is 5.69 Å². The maximum atomic E-state index is 5.19. The summed E-state index contributed by atoms with van der Waals surface area (Å²) >= 11 is 5.19. The van der Waals surface area contributed by atoms with Crippen LogP contribution in [0.3, 0.4) is 0 Å². The highest BCUT2D eigenvalue weighted by Gasteiger charge is 1.95. The molecule has 0 N–H and O–H groups in total. The minimum atomic E-state index is 0.848. The fourth-order valence-electron chi connectivity index (χ4n) is 1.20. The van der Waals surface area contributed by atoms with Gasteiger partial charge in [-0.3, -0.25) is 4.98 Å². The topological polar surface area (TPSA) is 12.9 Å². The summed E-state index contributed by atoms with van der Waals surface area (Å²) in [6.45, 7) is 0. The number of aromatic nitrogens is 1. The average Bonchev–Trinajstić information content (AvgIpc) is 2.20. The maximum Gasteiger partial charge on any atom is 0.0686 e. The minimum absolute atomic E-state index is 0.848. The number of pyridine rings is 1. The number of rotatable bonds is 1. The molecule has 64 valence electrons. The van der Waals surface area contributed by atoms with Gasteiger partial charge in [0, 0.05) is 6.20 Å². The third kappa shape index (κ3) is 1.68. The number of nitrogens with zero attached hydrogens (tertiary/aromatic N) is 1. The van der Waals surface area contributed by atoms with Crippen molar-refractivity contribution in [2.75, 3.05) is 0 Å². The van der Waals surface area contributed by atoms with Crippen molar-refractivity contribution in [3.8, 4) is 11.3 Å². The molecule has 0 saturated carbocycles. The van der Waals surface area contributed by atoms with Gasteiger partial charge < -0.3 is 12.6 Å². The zero-order valence-corrected chi connectivity index (χ0v) is 7.79. The van der Waals surface area contributed by atoms with Crippen molar-refractivity contribution >= 4 is 12.6 Å². The molecule has 0 aliphatic carbocycles. The smallest absolute Gasteiger partial charge is 0.0686 e. The van der Waals surface area contributed by atoms with Crippen LogP contribution in [-0.4, -0.2) is 4.98 Å². The van der Waals surface area contributed by atoms with Crippen LogP contribution in [0.4, 0.5) is 0 Å². The standard InChI is InChI=1S/C11H9NS/c13-11-7-2-1-5-9(11)10-6-3-4-8-12-10/h1-8,13H/p-1. The molecule has 1 aromatic heterocycles. The van der Waals surface area contributed by atoms with Crippen molar-refractivity contribution in [2.24, 2.45) is 0 Å². The Bertz CT molecular complexity index is 398. The number of benzene rings is 1. The van der Waals surface area contributed by atoms with Crippen molar-refractivity contribution < 1.29 is 0 Å². The van der Waals surface area contributed by atoms with Crippen LogP contribution in [0.15, 0.2) is 53.6 Å². The lowest BCUT2D eigenvalue weighted by molar-refractivity contribution is 1.30. The van der Waals surface area contributed by atoms with E-state index < -0.39 is 0 Å². The van der Waals surface area contributed by atoms with E-state index in [0.717, 1.165) is 16.2 Å². The van der Waals surface area contributed by atoms with Crippen LogP contribution in [0.25, 0.3) is 11.3 Å². The van der Waals surface area contributed by atoms with E-state index in [2.05, 4.69) is 4.98 Å². The van der Waals surface area contributed by atoms with Crippen molar-refractivity contribution in [2.45, 2.75) is 4.90 Å². The van der Waals surface area contributed by atoms with Crippen LogP contribution >= 0.6 is 0 Å². The van der Waals surface area contributed by atoms with Gasteiger partial charge in [0.25, 0.3) is 0 Å². The van der Waals surface area contributed by atoms with Crippen LogP contribution in [0.1, 0.15) is 0 Å². The molecular weight excluding hydrogens is 178 g/mol. The largest absolute Gasteiger partial charge is 0.779 e. The Morgan fingerprint density at radius 2 is 1.69 bits per heavy atom. The third-order valence-corrected chi connectivity index (χ3v) is 2.18. The van der Waals surface area contributed by atoms with E-state index in [1.165, 1.54) is 0 Å². The SMILES string of the molecule is [S-]c1ccccc1-c1ccccn1. The molecule has 0 radical (unpaired) electrons. The Labute approximate surface area is 82.9 Å². The molecule has 0 fully saturated rings. The molecule has 0 aliphatic rings. The average molecular weight is 186 g/mol. The molecule has 1 heterocycles. The quantitative estimate of drug-likeness (QED) is 0.635. The van der Waals surface area contributed by atoms with E-state index in [1.54, 1.807) is 6.20 Å². The van der Waals surface area contributed by atoms with Crippen LogP contribution in [-0.2, 0) is 12.6 Å². The van der Waals surface area contributed by atoms with E-state index in [-0.39, 0.29) is 0 Å². The lowest BCUT2D eigenvalue weighted by Gasteiger charge is -2.11. The molecule has 0 unspecified atom stereocenters. The minimum Gasteiger partial charge on any atom is -0.779 e. The molecule has 1 aromatic carbocycles. The predicted octanol–water partition coefficient (Wildman–Crippen LogP) is 2.65. The van der Waals surface area contributed by atoms with Gasteiger partial charge in [0.1, 0.15) is 0 Å². The van der Waals surface area contributed by atoms with Gasteiger partial charge in [-0.2, -0.15) is 4.90 Å². The Balaban J connectivity index is 2.54. The summed E-state index contributed by atoms with van der Waals surface area (Å²) in [4.78, 5) is 5.09. The van der Waals surface area contributed by atoms with E-state index in [1.807, 2.05) is 42.5 Å². The summed E-state index contributed by atoms with van der Waals surface area (Å²) < 4.78 is 0. The van der Waals surface area contributed by atoms with Crippen LogP contribution < -0.4 is 0 Å². The molecule has 13 heavy (non-hydrogen) atoms. The molecule has 1 nitrogen and oxygen atoms in total. The zero-order valence-electron chi connectivity index (χ0n) is 6.97. The molecule has 0 bridgehead atoms. The van der Waals surface area contributed by atoms with Gasteiger partial charge in [0.15, 0.2) is 0 Å². The fourth-order valence-corrected chi connectivity index (χ4v) is 1.45. The summed E-state index contributed by atoms with van der Waals surface area (Å²) in [7, 11) is 0. The van der Waals surface area contributed by atoms with Gasteiger partial charge in [-0.25, -0.2) is 0 Å². The van der Waals surface area contributed by atoms with Gasteiger partial charge >= 0.3 is 0 Å². The highest BCUT2D eigenvalue weighted by atomic mass is 32.1. The van der Waals surface area contributed by atoms with Crippen LogP contribution in [0.2, 0.25) is 0 Å². The molecule has 2 heteroatoms. The third-order valence-electron chi connectivity index (χ3n) is 1.83. The molecule has 0 aliphatic heterocycles. The maximum absolute atomic E-state index is 5.19. The second-order valence-corrected chi connectivity index (χ2v) is 3.15. The fraction of sp³-hybridized carbons (Fsp3) is 0. The normalized spacial score (nSPS) is 9.85. The lowest BCUT2D eigenvalue weighted by atomic mass is 10.1. The van der Waals surface area contributed by atoms with Crippen LogP contribution in [0.5, 0.6) is 0 Å². The van der Waals surface area contributed by atoms with E-state index in [0.29, 0.717) is 0 Å². The molecule has 0 atom stereocenters. The van der Waals surface area contributed by atoms with E-state index >= 15 is 0 Å². The molecule has 2 aromatic rings. The summed E-state index contributed by atoms with van der Waals surface area (Å²) in [5, 5.41) is 0. The molecular formula is C11H8NS-. The Morgan fingerprint density at radius 3 is 2.38 bits per heavy atom. The summed E-state index contributed by atoms with van der Waals surface area (Å²) in [5.41, 5.74) is 1.96. The Hall–Kier alpha value is -1.41. The first kappa shape index (κ1) is 8.20. The zero-order chi connectivity index (χ0) is 9.10. The van der Waals surface area contributed by atoms with Gasteiger partial charge in [0.2, 0.25) is 0 Å². The second-order valence-electron chi connectivity index (χ2n) is 2.71. The summed E-state index contributed by atoms with van der Waals surface area (Å²) in [6.07, 6.45) is 1.77. The highest BCUT2D eigenvalue weighted by Crippen LogP contribution is 2.20. The molecule has 0 amide bonds. The number of hydrogen-bond donors (Lipinski definition) is 0.